The molecule has 0 aliphatic carbocycles. The standard InChI is InChI=1S/C6H6N2O4S.Na/c9-6-3-1-5(2-4-6)7-8-13(10,11)12;/h1-4,9H,(H,10,11,12);. The smallest absolute Gasteiger partial charge is 0.396 e. The van der Waals surface area contributed by atoms with E-state index in [-0.39, 0.29) is 41.0 Å². The molecule has 0 bridgehead atoms. The first kappa shape index (κ1) is 13.5. The van der Waals surface area contributed by atoms with Gasteiger partial charge >= 0.3 is 10.3 Å². The average molecular weight is 225 g/mol. The summed E-state index contributed by atoms with van der Waals surface area (Å²) in [7, 11) is -4.44. The zero-order valence-corrected chi connectivity index (χ0v) is 10.1. The first-order chi connectivity index (χ1) is 5.97. The molecule has 0 saturated carbocycles. The van der Waals surface area contributed by atoms with Gasteiger partial charge in [0.1, 0.15) is 5.75 Å². The molecule has 1 rings (SSSR count). The number of aromatic hydroxyl groups is 1. The van der Waals surface area contributed by atoms with Gasteiger partial charge in [0.05, 0.1) is 5.69 Å². The average Bonchev–Trinajstić information content (AvgIpc) is 2.02. The zero-order chi connectivity index (χ0) is 9.90. The molecule has 1 aromatic carbocycles. The van der Waals surface area contributed by atoms with Gasteiger partial charge in [0, 0.05) is 29.6 Å². The van der Waals surface area contributed by atoms with Gasteiger partial charge in [0.15, 0.2) is 0 Å². The Balaban J connectivity index is 0.00000169. The van der Waals surface area contributed by atoms with Crippen LogP contribution in [0.1, 0.15) is 0 Å². The Morgan fingerprint density at radius 2 is 1.64 bits per heavy atom. The van der Waals surface area contributed by atoms with E-state index in [1.54, 1.807) is 0 Å². The number of benzene rings is 1. The normalized spacial score (nSPS) is 11.2. The van der Waals surface area contributed by atoms with Gasteiger partial charge in [-0.1, -0.05) is 0 Å². The van der Waals surface area contributed by atoms with Gasteiger partial charge in [0.2, 0.25) is 0 Å². The monoisotopic (exact) mass is 225 g/mol. The van der Waals surface area contributed by atoms with Gasteiger partial charge in [-0.2, -0.15) is 8.42 Å². The summed E-state index contributed by atoms with van der Waals surface area (Å²) < 4.78 is 31.1. The molecule has 6 nitrogen and oxygen atoms in total. The maximum atomic E-state index is 10.1. The SMILES string of the molecule is O=S(=O)(O)N=Nc1ccc(O)cc1.[Na]. The maximum absolute atomic E-state index is 10.1. The molecular formula is C6H6N2NaO4S. The molecule has 0 aromatic heterocycles. The van der Waals surface area contributed by atoms with E-state index < -0.39 is 10.3 Å². The number of rotatable bonds is 2. The summed E-state index contributed by atoms with van der Waals surface area (Å²) in [5.74, 6) is 0.0332. The molecule has 2 N–H and O–H groups in total. The number of nitrogens with zero attached hydrogens (tertiary/aromatic N) is 2. The fourth-order valence-electron chi connectivity index (χ4n) is 0.618. The van der Waals surface area contributed by atoms with Crippen LogP contribution in [-0.4, -0.2) is 47.6 Å². The van der Waals surface area contributed by atoms with Crippen molar-refractivity contribution in [1.29, 1.82) is 0 Å². The topological polar surface area (TPSA) is 99.3 Å². The van der Waals surface area contributed by atoms with Crippen molar-refractivity contribution in [3.63, 3.8) is 0 Å². The van der Waals surface area contributed by atoms with Crippen molar-refractivity contribution in [2.75, 3.05) is 0 Å². The molecule has 0 unspecified atom stereocenters. The minimum atomic E-state index is -4.44. The van der Waals surface area contributed by atoms with Crippen LogP contribution in [0.4, 0.5) is 5.69 Å². The minimum absolute atomic E-state index is 0. The Kier molecular flexibility index (Phi) is 5.24. The summed E-state index contributed by atoms with van der Waals surface area (Å²) in [5, 5.41) is 12.0. The Morgan fingerprint density at radius 3 is 2.07 bits per heavy atom. The molecule has 1 radical (unpaired) electrons. The van der Waals surface area contributed by atoms with E-state index in [0.29, 0.717) is 0 Å². The van der Waals surface area contributed by atoms with Crippen LogP contribution < -0.4 is 0 Å². The van der Waals surface area contributed by atoms with E-state index >= 15 is 0 Å². The predicted octanol–water partition coefficient (Wildman–Crippen LogP) is 0.898. The first-order valence-electron chi connectivity index (χ1n) is 3.17. The Labute approximate surface area is 103 Å². The van der Waals surface area contributed by atoms with Gasteiger partial charge in [0.25, 0.3) is 0 Å². The van der Waals surface area contributed by atoms with E-state index in [9.17, 15) is 8.42 Å². The Bertz CT molecular complexity index is 414. The van der Waals surface area contributed by atoms with Crippen molar-refractivity contribution in [3.05, 3.63) is 24.3 Å². The molecule has 0 aliphatic rings. The Hall–Kier alpha value is -0.470. The first-order valence-corrected chi connectivity index (χ1v) is 4.56. The van der Waals surface area contributed by atoms with Crippen molar-refractivity contribution < 1.29 is 18.1 Å². The molecule has 0 atom stereocenters. The number of hydrogen-bond acceptors (Lipinski definition) is 4. The third-order valence-corrected chi connectivity index (χ3v) is 1.40. The van der Waals surface area contributed by atoms with Crippen molar-refractivity contribution in [3.8, 4) is 5.75 Å². The third-order valence-electron chi connectivity index (χ3n) is 1.11. The Morgan fingerprint density at radius 1 is 1.14 bits per heavy atom. The molecular weight excluding hydrogens is 219 g/mol. The summed E-state index contributed by atoms with van der Waals surface area (Å²) in [6.45, 7) is 0. The fraction of sp³-hybridized carbons (Fsp3) is 0. The van der Waals surface area contributed by atoms with Crippen molar-refractivity contribution in [2.24, 2.45) is 9.63 Å². The van der Waals surface area contributed by atoms with Gasteiger partial charge in [-0.15, -0.1) is 5.11 Å². The number of hydrogen-bond donors (Lipinski definition) is 2. The second kappa shape index (κ2) is 5.42. The summed E-state index contributed by atoms with van der Waals surface area (Å²) in [5.41, 5.74) is 0.218. The summed E-state index contributed by atoms with van der Waals surface area (Å²) in [6, 6.07) is 5.34. The molecule has 0 fully saturated rings. The van der Waals surface area contributed by atoms with E-state index in [1.165, 1.54) is 24.3 Å². The van der Waals surface area contributed by atoms with E-state index in [1.807, 2.05) is 0 Å². The van der Waals surface area contributed by atoms with Crippen LogP contribution in [0, 0.1) is 0 Å². The fourth-order valence-corrected chi connectivity index (χ4v) is 0.815. The van der Waals surface area contributed by atoms with Crippen molar-refractivity contribution >= 4 is 45.5 Å². The van der Waals surface area contributed by atoms with Gasteiger partial charge < -0.3 is 5.11 Å². The predicted molar refractivity (Wildman–Crippen MR) is 49.9 cm³/mol. The van der Waals surface area contributed by atoms with Gasteiger partial charge in [-0.25, -0.2) is 0 Å². The van der Waals surface area contributed by atoms with E-state index in [0.717, 1.165) is 0 Å². The van der Waals surface area contributed by atoms with Crippen LogP contribution in [0.5, 0.6) is 5.75 Å². The number of phenols is 1. The second-order valence-corrected chi connectivity index (χ2v) is 3.20. The van der Waals surface area contributed by atoms with Crippen LogP contribution in [0.15, 0.2) is 33.9 Å². The van der Waals surface area contributed by atoms with Crippen LogP contribution in [0.3, 0.4) is 0 Å². The summed E-state index contributed by atoms with van der Waals surface area (Å²) in [4.78, 5) is 0. The molecule has 0 aliphatic heterocycles. The quantitative estimate of drug-likeness (QED) is 0.443. The van der Waals surface area contributed by atoms with Crippen molar-refractivity contribution in [2.45, 2.75) is 0 Å². The molecule has 14 heavy (non-hydrogen) atoms. The number of phenolic OH excluding ortho intramolecular Hbond substituents is 1. The second-order valence-electron chi connectivity index (χ2n) is 2.15. The van der Waals surface area contributed by atoms with Crippen molar-refractivity contribution in [1.82, 2.24) is 0 Å². The molecule has 0 saturated heterocycles. The molecule has 0 amide bonds. The molecule has 0 heterocycles. The molecule has 8 heteroatoms. The van der Waals surface area contributed by atoms with Gasteiger partial charge in [-0.05, 0) is 28.8 Å². The van der Waals surface area contributed by atoms with E-state index in [2.05, 4.69) is 9.63 Å². The third kappa shape index (κ3) is 5.30. The van der Waals surface area contributed by atoms with E-state index in [4.69, 9.17) is 9.66 Å². The zero-order valence-electron chi connectivity index (χ0n) is 7.32. The maximum Gasteiger partial charge on any atom is 0.396 e. The molecule has 1 aromatic rings. The van der Waals surface area contributed by atoms with Gasteiger partial charge in [-0.3, -0.25) is 4.55 Å². The van der Waals surface area contributed by atoms with Crippen LogP contribution in [0.25, 0.3) is 0 Å². The van der Waals surface area contributed by atoms with Crippen LogP contribution in [0.2, 0.25) is 0 Å². The van der Waals surface area contributed by atoms with Crippen LogP contribution >= 0.6 is 0 Å². The summed E-state index contributed by atoms with van der Waals surface area (Å²) in [6.07, 6.45) is 0. The molecule has 0 spiro atoms. The molecule has 71 valence electrons. The van der Waals surface area contributed by atoms with Crippen LogP contribution in [-0.2, 0) is 10.3 Å². The minimum Gasteiger partial charge on any atom is -0.508 e. The summed E-state index contributed by atoms with van der Waals surface area (Å²) >= 11 is 0. The largest absolute Gasteiger partial charge is 0.508 e.